The van der Waals surface area contributed by atoms with Gasteiger partial charge in [-0.3, -0.25) is 9.59 Å². The summed E-state index contributed by atoms with van der Waals surface area (Å²) in [5.41, 5.74) is 2.38. The molecule has 1 heterocycles. The van der Waals surface area contributed by atoms with Crippen LogP contribution in [0.1, 0.15) is 40.7 Å². The molecule has 0 atom stereocenters. The van der Waals surface area contributed by atoms with E-state index in [2.05, 4.69) is 6.07 Å². The fourth-order valence-electron chi connectivity index (χ4n) is 3.54. The van der Waals surface area contributed by atoms with E-state index in [-0.39, 0.29) is 17.6 Å². The predicted octanol–water partition coefficient (Wildman–Crippen LogP) is 3.62. The van der Waals surface area contributed by atoms with Crippen molar-refractivity contribution in [2.24, 2.45) is 5.92 Å². The fourth-order valence-corrected chi connectivity index (χ4v) is 3.54. The van der Waals surface area contributed by atoms with E-state index >= 15 is 0 Å². The summed E-state index contributed by atoms with van der Waals surface area (Å²) in [5, 5.41) is 8.83. The minimum absolute atomic E-state index is 0.0315. The van der Waals surface area contributed by atoms with E-state index in [0.29, 0.717) is 49.9 Å². The third-order valence-corrected chi connectivity index (χ3v) is 5.30. The molecule has 1 fully saturated rings. The lowest BCUT2D eigenvalue weighted by Gasteiger charge is -2.31. The second-order valence-electron chi connectivity index (χ2n) is 7.06. The molecule has 5 nitrogen and oxygen atoms in total. The first-order valence-electron chi connectivity index (χ1n) is 9.56. The number of hydrogen-bond donors (Lipinski definition) is 0. The molecule has 1 amide bonds. The number of ketones is 1. The van der Waals surface area contributed by atoms with E-state index < -0.39 is 0 Å². The summed E-state index contributed by atoms with van der Waals surface area (Å²) < 4.78 is 5.13. The predicted molar refractivity (Wildman–Crippen MR) is 106 cm³/mol. The molecule has 1 saturated heterocycles. The zero-order valence-corrected chi connectivity index (χ0v) is 16.1. The number of nitriles is 1. The average Bonchev–Trinajstić information content (AvgIpc) is 2.77. The van der Waals surface area contributed by atoms with Crippen molar-refractivity contribution in [1.29, 1.82) is 5.26 Å². The number of likely N-dealkylation sites (tertiary alicyclic amines) is 1. The number of nitrogens with zero attached hydrogens (tertiary/aromatic N) is 2. The van der Waals surface area contributed by atoms with Crippen LogP contribution in [0.5, 0.6) is 5.75 Å². The van der Waals surface area contributed by atoms with Crippen LogP contribution >= 0.6 is 0 Å². The van der Waals surface area contributed by atoms with E-state index in [0.717, 1.165) is 11.3 Å². The Labute approximate surface area is 165 Å². The number of carbonyl (C=O) groups excluding carboxylic acids is 2. The third-order valence-electron chi connectivity index (χ3n) is 5.30. The first-order chi connectivity index (χ1) is 13.6. The molecule has 2 aromatic carbocycles. The molecule has 2 aromatic rings. The number of aryl methyl sites for hydroxylation is 1. The van der Waals surface area contributed by atoms with Gasteiger partial charge < -0.3 is 9.64 Å². The van der Waals surface area contributed by atoms with Crippen molar-refractivity contribution in [3.8, 4) is 11.8 Å². The minimum Gasteiger partial charge on any atom is -0.497 e. The van der Waals surface area contributed by atoms with Gasteiger partial charge in [0.05, 0.1) is 18.7 Å². The van der Waals surface area contributed by atoms with Gasteiger partial charge in [0, 0.05) is 31.0 Å². The minimum atomic E-state index is -0.0315. The number of amides is 1. The number of Topliss-reactive ketones (excluding diaryl/α,β-unsaturated/α-hetero) is 1. The maximum atomic E-state index is 12.7. The molecular formula is C23H24N2O3. The van der Waals surface area contributed by atoms with Crippen molar-refractivity contribution in [3.05, 3.63) is 65.2 Å². The van der Waals surface area contributed by atoms with Gasteiger partial charge >= 0.3 is 0 Å². The topological polar surface area (TPSA) is 70.4 Å². The highest BCUT2D eigenvalue weighted by atomic mass is 16.5. The van der Waals surface area contributed by atoms with Crippen LogP contribution in [0.15, 0.2) is 48.5 Å². The van der Waals surface area contributed by atoms with Gasteiger partial charge in [0.15, 0.2) is 5.78 Å². The van der Waals surface area contributed by atoms with Crippen molar-refractivity contribution in [2.45, 2.75) is 25.7 Å². The number of rotatable bonds is 6. The molecule has 0 saturated carbocycles. The van der Waals surface area contributed by atoms with Gasteiger partial charge in [0.1, 0.15) is 5.75 Å². The van der Waals surface area contributed by atoms with E-state index in [4.69, 9.17) is 10.00 Å². The molecule has 144 valence electrons. The summed E-state index contributed by atoms with van der Waals surface area (Å²) >= 11 is 0. The molecule has 0 bridgehead atoms. The summed E-state index contributed by atoms with van der Waals surface area (Å²) in [6, 6.07) is 16.6. The van der Waals surface area contributed by atoms with E-state index in [1.807, 2.05) is 17.0 Å². The largest absolute Gasteiger partial charge is 0.497 e. The van der Waals surface area contributed by atoms with Crippen LogP contribution in [0, 0.1) is 17.2 Å². The molecule has 0 aliphatic carbocycles. The van der Waals surface area contributed by atoms with Gasteiger partial charge in [0.2, 0.25) is 5.91 Å². The zero-order chi connectivity index (χ0) is 19.9. The molecule has 1 aliphatic heterocycles. The van der Waals surface area contributed by atoms with Crippen LogP contribution in [-0.2, 0) is 11.2 Å². The molecule has 0 radical (unpaired) electrons. The van der Waals surface area contributed by atoms with E-state index in [1.54, 1.807) is 43.5 Å². The van der Waals surface area contributed by atoms with Crippen molar-refractivity contribution in [1.82, 2.24) is 4.90 Å². The van der Waals surface area contributed by atoms with Crippen LogP contribution < -0.4 is 4.74 Å². The molecule has 0 N–H and O–H groups in total. The standard InChI is InChI=1S/C23H24N2O3/c1-28-21-9-7-19(8-10-21)23(27)20-12-14-25(15-13-20)22(26)11-6-17-2-4-18(16-24)5-3-17/h2-5,7-10,20H,6,11-15H2,1H3. The number of piperidine rings is 1. The SMILES string of the molecule is COc1ccc(C(=O)C2CCN(C(=O)CCc3ccc(C#N)cc3)CC2)cc1. The van der Waals surface area contributed by atoms with Crippen LogP contribution in [0.2, 0.25) is 0 Å². The second kappa shape index (κ2) is 9.18. The zero-order valence-electron chi connectivity index (χ0n) is 16.1. The molecule has 3 rings (SSSR count). The number of benzene rings is 2. The number of ether oxygens (including phenoxy) is 1. The van der Waals surface area contributed by atoms with E-state index in [9.17, 15) is 9.59 Å². The Morgan fingerprint density at radius 2 is 1.71 bits per heavy atom. The second-order valence-corrected chi connectivity index (χ2v) is 7.06. The normalized spacial score (nSPS) is 14.4. The highest BCUT2D eigenvalue weighted by Gasteiger charge is 2.27. The third kappa shape index (κ3) is 4.77. The molecule has 5 heteroatoms. The van der Waals surface area contributed by atoms with Gasteiger partial charge in [-0.15, -0.1) is 0 Å². The van der Waals surface area contributed by atoms with Crippen LogP contribution in [-0.4, -0.2) is 36.8 Å². The fraction of sp³-hybridized carbons (Fsp3) is 0.348. The van der Waals surface area contributed by atoms with Crippen LogP contribution in [0.3, 0.4) is 0 Å². The van der Waals surface area contributed by atoms with E-state index in [1.165, 1.54) is 0 Å². The summed E-state index contributed by atoms with van der Waals surface area (Å²) in [7, 11) is 1.60. The highest BCUT2D eigenvalue weighted by molar-refractivity contribution is 5.98. The smallest absolute Gasteiger partial charge is 0.222 e. The molecular weight excluding hydrogens is 352 g/mol. The summed E-state index contributed by atoms with van der Waals surface area (Å²) in [6.45, 7) is 1.25. The summed E-state index contributed by atoms with van der Waals surface area (Å²) in [4.78, 5) is 27.0. The molecule has 28 heavy (non-hydrogen) atoms. The Morgan fingerprint density at radius 1 is 1.07 bits per heavy atom. The monoisotopic (exact) mass is 376 g/mol. The number of carbonyl (C=O) groups is 2. The number of methoxy groups -OCH3 is 1. The molecule has 0 unspecified atom stereocenters. The van der Waals surface area contributed by atoms with Crippen molar-refractivity contribution < 1.29 is 14.3 Å². The van der Waals surface area contributed by atoms with Crippen molar-refractivity contribution in [3.63, 3.8) is 0 Å². The lowest BCUT2D eigenvalue weighted by atomic mass is 9.88. The van der Waals surface area contributed by atoms with Crippen LogP contribution in [0.25, 0.3) is 0 Å². The van der Waals surface area contributed by atoms with Gasteiger partial charge in [-0.1, -0.05) is 12.1 Å². The Balaban J connectivity index is 1.47. The average molecular weight is 376 g/mol. The maximum absolute atomic E-state index is 12.7. The van der Waals surface area contributed by atoms with Gasteiger partial charge in [0.25, 0.3) is 0 Å². The Hall–Kier alpha value is -3.13. The summed E-state index contributed by atoms with van der Waals surface area (Å²) in [6.07, 6.45) is 2.51. The number of hydrogen-bond acceptors (Lipinski definition) is 4. The molecule has 0 spiro atoms. The maximum Gasteiger partial charge on any atom is 0.222 e. The van der Waals surface area contributed by atoms with Gasteiger partial charge in [-0.2, -0.15) is 5.26 Å². The highest BCUT2D eigenvalue weighted by Crippen LogP contribution is 2.23. The Bertz CT molecular complexity index is 858. The van der Waals surface area contributed by atoms with Crippen molar-refractivity contribution in [2.75, 3.05) is 20.2 Å². The quantitative estimate of drug-likeness (QED) is 0.722. The molecule has 1 aliphatic rings. The first kappa shape index (κ1) is 19.6. The Kier molecular flexibility index (Phi) is 6.44. The lowest BCUT2D eigenvalue weighted by Crippen LogP contribution is -2.40. The lowest BCUT2D eigenvalue weighted by molar-refractivity contribution is -0.132. The van der Waals surface area contributed by atoms with Gasteiger partial charge in [-0.25, -0.2) is 0 Å². The molecule has 0 aromatic heterocycles. The Morgan fingerprint density at radius 3 is 2.29 bits per heavy atom. The first-order valence-corrected chi connectivity index (χ1v) is 9.56. The summed E-state index contributed by atoms with van der Waals surface area (Å²) in [5.74, 6) is 0.974. The van der Waals surface area contributed by atoms with Crippen molar-refractivity contribution >= 4 is 11.7 Å². The van der Waals surface area contributed by atoms with Gasteiger partial charge in [-0.05, 0) is 61.2 Å². The van der Waals surface area contributed by atoms with Crippen LogP contribution in [0.4, 0.5) is 0 Å².